The number of hydrogen-bond acceptors (Lipinski definition) is 1. The van der Waals surface area contributed by atoms with Crippen LogP contribution < -0.4 is 5.32 Å². The molecule has 3 heteroatoms. The fraction of sp³-hybridized carbons (Fsp3) is 1.00. The van der Waals surface area contributed by atoms with E-state index in [1.54, 1.807) is 0 Å². The van der Waals surface area contributed by atoms with Gasteiger partial charge in [0, 0.05) is 18.9 Å². The second-order valence-electron chi connectivity index (χ2n) is 5.88. The highest BCUT2D eigenvalue weighted by molar-refractivity contribution is 4.93. The van der Waals surface area contributed by atoms with Gasteiger partial charge in [-0.1, -0.05) is 19.8 Å². The van der Waals surface area contributed by atoms with Crippen molar-refractivity contribution in [3.63, 3.8) is 0 Å². The van der Waals surface area contributed by atoms with Crippen LogP contribution in [-0.4, -0.2) is 18.5 Å². The highest BCUT2D eigenvalue weighted by Crippen LogP contribution is 2.44. The van der Waals surface area contributed by atoms with E-state index >= 15 is 0 Å². The molecule has 1 N–H and O–H groups in total. The maximum atomic E-state index is 13.3. The Labute approximate surface area is 103 Å². The highest BCUT2D eigenvalue weighted by Gasteiger charge is 2.44. The summed E-state index contributed by atoms with van der Waals surface area (Å²) in [6.45, 7) is 3.12. The van der Waals surface area contributed by atoms with Gasteiger partial charge in [-0.05, 0) is 44.1 Å². The van der Waals surface area contributed by atoms with Gasteiger partial charge in [-0.2, -0.15) is 0 Å². The van der Waals surface area contributed by atoms with Gasteiger partial charge in [0.2, 0.25) is 5.92 Å². The van der Waals surface area contributed by atoms with Crippen LogP contribution in [0.15, 0.2) is 0 Å². The molecule has 100 valence electrons. The number of halogens is 2. The van der Waals surface area contributed by atoms with Gasteiger partial charge >= 0.3 is 0 Å². The van der Waals surface area contributed by atoms with E-state index in [1.807, 2.05) is 0 Å². The minimum Gasteiger partial charge on any atom is -0.313 e. The molecule has 2 saturated carbocycles. The summed E-state index contributed by atoms with van der Waals surface area (Å²) in [5.41, 5.74) is 0. The van der Waals surface area contributed by atoms with Crippen molar-refractivity contribution in [2.45, 2.75) is 70.3 Å². The van der Waals surface area contributed by atoms with Crippen molar-refractivity contribution in [3.05, 3.63) is 0 Å². The Bertz CT molecular complexity index is 236. The summed E-state index contributed by atoms with van der Waals surface area (Å²) in [7, 11) is 0. The highest BCUT2D eigenvalue weighted by atomic mass is 19.3. The second kappa shape index (κ2) is 5.64. The normalized spacial score (nSPS) is 30.9. The molecular formula is C14H25F2N. The van der Waals surface area contributed by atoms with E-state index in [1.165, 1.54) is 25.7 Å². The summed E-state index contributed by atoms with van der Waals surface area (Å²) in [5.74, 6) is -1.53. The van der Waals surface area contributed by atoms with E-state index in [0.29, 0.717) is 18.4 Å². The Balaban J connectivity index is 1.94. The van der Waals surface area contributed by atoms with Crippen LogP contribution in [0.25, 0.3) is 0 Å². The Hall–Kier alpha value is -0.180. The SMILES string of the molecule is CCCNC(C1CCCC1)C1CCC(F)(F)C1. The molecule has 2 rings (SSSR count). The van der Waals surface area contributed by atoms with Gasteiger partial charge in [-0.25, -0.2) is 8.78 Å². The van der Waals surface area contributed by atoms with Crippen molar-refractivity contribution < 1.29 is 8.78 Å². The zero-order chi connectivity index (χ0) is 12.3. The molecule has 2 unspecified atom stereocenters. The minimum absolute atomic E-state index is 0.106. The quantitative estimate of drug-likeness (QED) is 0.772. The summed E-state index contributed by atoms with van der Waals surface area (Å²) >= 11 is 0. The topological polar surface area (TPSA) is 12.0 Å². The molecule has 2 aliphatic rings. The largest absolute Gasteiger partial charge is 0.313 e. The smallest absolute Gasteiger partial charge is 0.248 e. The van der Waals surface area contributed by atoms with Crippen molar-refractivity contribution in [2.75, 3.05) is 6.54 Å². The van der Waals surface area contributed by atoms with Crippen molar-refractivity contribution in [3.8, 4) is 0 Å². The van der Waals surface area contributed by atoms with Crippen molar-refractivity contribution >= 4 is 0 Å². The van der Waals surface area contributed by atoms with E-state index in [4.69, 9.17) is 0 Å². The predicted molar refractivity (Wildman–Crippen MR) is 66.3 cm³/mol. The molecule has 0 aliphatic heterocycles. The van der Waals surface area contributed by atoms with Gasteiger partial charge in [0.1, 0.15) is 0 Å². The fourth-order valence-electron chi connectivity index (χ4n) is 3.64. The van der Waals surface area contributed by atoms with Crippen LogP contribution >= 0.6 is 0 Å². The summed E-state index contributed by atoms with van der Waals surface area (Å²) in [4.78, 5) is 0. The second-order valence-corrected chi connectivity index (χ2v) is 5.88. The molecule has 0 bridgehead atoms. The van der Waals surface area contributed by atoms with E-state index in [0.717, 1.165) is 13.0 Å². The lowest BCUT2D eigenvalue weighted by molar-refractivity contribution is 0.00210. The Kier molecular flexibility index (Phi) is 4.40. The van der Waals surface area contributed by atoms with E-state index in [-0.39, 0.29) is 18.8 Å². The maximum Gasteiger partial charge on any atom is 0.248 e. The Morgan fingerprint density at radius 1 is 1.18 bits per heavy atom. The summed E-state index contributed by atoms with van der Waals surface area (Å²) in [6, 6.07) is 0.353. The third-order valence-corrected chi connectivity index (χ3v) is 4.49. The molecule has 0 aromatic carbocycles. The third-order valence-electron chi connectivity index (χ3n) is 4.49. The Morgan fingerprint density at radius 2 is 1.88 bits per heavy atom. The lowest BCUT2D eigenvalue weighted by atomic mass is 9.85. The van der Waals surface area contributed by atoms with Crippen molar-refractivity contribution in [2.24, 2.45) is 11.8 Å². The van der Waals surface area contributed by atoms with Crippen LogP contribution in [-0.2, 0) is 0 Å². The van der Waals surface area contributed by atoms with Crippen LogP contribution in [0, 0.1) is 11.8 Å². The van der Waals surface area contributed by atoms with Gasteiger partial charge in [0.15, 0.2) is 0 Å². The average Bonchev–Trinajstić information content (AvgIpc) is 2.89. The molecule has 0 spiro atoms. The van der Waals surface area contributed by atoms with Crippen LogP contribution in [0.5, 0.6) is 0 Å². The number of alkyl halides is 2. The number of rotatable bonds is 5. The molecule has 2 atom stereocenters. The molecule has 17 heavy (non-hydrogen) atoms. The molecule has 0 heterocycles. The molecule has 1 nitrogen and oxygen atoms in total. The zero-order valence-electron chi connectivity index (χ0n) is 10.9. The summed E-state index contributed by atoms with van der Waals surface area (Å²) in [5, 5.41) is 3.56. The zero-order valence-corrected chi connectivity index (χ0v) is 10.9. The van der Waals surface area contributed by atoms with Gasteiger partial charge in [-0.3, -0.25) is 0 Å². The van der Waals surface area contributed by atoms with Gasteiger partial charge in [-0.15, -0.1) is 0 Å². The number of hydrogen-bond donors (Lipinski definition) is 1. The maximum absolute atomic E-state index is 13.3. The monoisotopic (exact) mass is 245 g/mol. The first-order chi connectivity index (χ1) is 8.12. The van der Waals surface area contributed by atoms with Crippen LogP contribution in [0.2, 0.25) is 0 Å². The first-order valence-corrected chi connectivity index (χ1v) is 7.23. The van der Waals surface area contributed by atoms with Crippen molar-refractivity contribution in [1.29, 1.82) is 0 Å². The molecule has 0 saturated heterocycles. The number of nitrogens with one attached hydrogen (secondary N) is 1. The lowest BCUT2D eigenvalue weighted by Gasteiger charge is -2.30. The van der Waals surface area contributed by atoms with Crippen LogP contribution in [0.4, 0.5) is 8.78 Å². The van der Waals surface area contributed by atoms with Crippen LogP contribution in [0.3, 0.4) is 0 Å². The van der Waals surface area contributed by atoms with Gasteiger partial charge in [0.25, 0.3) is 0 Å². The molecule has 0 aromatic rings. The third kappa shape index (κ3) is 3.40. The minimum atomic E-state index is -2.39. The van der Waals surface area contributed by atoms with E-state index in [2.05, 4.69) is 12.2 Å². The van der Waals surface area contributed by atoms with Crippen LogP contribution in [0.1, 0.15) is 58.3 Å². The standard InChI is InChI=1S/C14H25F2N/c1-2-9-17-13(11-5-3-4-6-11)12-7-8-14(15,16)10-12/h11-13,17H,2-10H2,1H3. The first-order valence-electron chi connectivity index (χ1n) is 7.23. The molecule has 0 radical (unpaired) electrons. The molecular weight excluding hydrogens is 220 g/mol. The van der Waals surface area contributed by atoms with Gasteiger partial charge in [0.05, 0.1) is 0 Å². The summed E-state index contributed by atoms with van der Waals surface area (Å²) < 4.78 is 26.7. The molecule has 0 amide bonds. The first kappa shape index (κ1) is 13.3. The Morgan fingerprint density at radius 3 is 2.41 bits per heavy atom. The van der Waals surface area contributed by atoms with Gasteiger partial charge < -0.3 is 5.32 Å². The van der Waals surface area contributed by atoms with E-state index in [9.17, 15) is 8.78 Å². The lowest BCUT2D eigenvalue weighted by Crippen LogP contribution is -2.41. The fourth-order valence-corrected chi connectivity index (χ4v) is 3.64. The molecule has 2 fully saturated rings. The van der Waals surface area contributed by atoms with Crippen molar-refractivity contribution in [1.82, 2.24) is 5.32 Å². The summed E-state index contributed by atoms with van der Waals surface area (Å²) in [6.07, 6.45) is 7.08. The predicted octanol–water partition coefficient (Wildman–Crippen LogP) is 3.98. The average molecular weight is 245 g/mol. The molecule has 2 aliphatic carbocycles. The molecule has 0 aromatic heterocycles. The van der Waals surface area contributed by atoms with E-state index < -0.39 is 5.92 Å².